The molecule has 0 aromatic carbocycles. The molecular formula is C13H15ClN2O3. The summed E-state index contributed by atoms with van der Waals surface area (Å²) in [6, 6.07) is 1.58. The van der Waals surface area contributed by atoms with Crippen molar-refractivity contribution in [2.75, 3.05) is 0 Å². The maximum absolute atomic E-state index is 12.1. The number of hydrogen-bond donors (Lipinski definition) is 2. The van der Waals surface area contributed by atoms with Crippen LogP contribution in [0.2, 0.25) is 5.02 Å². The van der Waals surface area contributed by atoms with Gasteiger partial charge in [-0.15, -0.1) is 0 Å². The monoisotopic (exact) mass is 282 g/mol. The standard InChI is InChI=1S/C13H15ClN2O3/c1-8-6-10(14)9(7-15-8)11(17)16-13(12(18)19)4-2-3-5-13/h6-7H,2-5H2,1H3,(H,16,17)(H,18,19). The lowest BCUT2D eigenvalue weighted by atomic mass is 9.97. The summed E-state index contributed by atoms with van der Waals surface area (Å²) in [5.41, 5.74) is -0.249. The van der Waals surface area contributed by atoms with Gasteiger partial charge in [-0.25, -0.2) is 4.79 Å². The van der Waals surface area contributed by atoms with Crippen LogP contribution in [0.25, 0.3) is 0 Å². The van der Waals surface area contributed by atoms with Crippen molar-refractivity contribution in [1.82, 2.24) is 10.3 Å². The van der Waals surface area contributed by atoms with E-state index >= 15 is 0 Å². The number of carboxylic acids is 1. The van der Waals surface area contributed by atoms with Crippen LogP contribution >= 0.6 is 11.6 Å². The molecule has 0 atom stereocenters. The van der Waals surface area contributed by atoms with Crippen LogP contribution in [-0.4, -0.2) is 27.5 Å². The first kappa shape index (κ1) is 13.8. The Hall–Kier alpha value is -1.62. The topological polar surface area (TPSA) is 79.3 Å². The summed E-state index contributed by atoms with van der Waals surface area (Å²) >= 11 is 5.99. The van der Waals surface area contributed by atoms with Crippen LogP contribution in [0.5, 0.6) is 0 Å². The molecule has 0 spiro atoms. The zero-order valence-electron chi connectivity index (χ0n) is 10.6. The van der Waals surface area contributed by atoms with E-state index in [1.807, 2.05) is 0 Å². The molecule has 1 saturated carbocycles. The number of carboxylic acid groups (broad SMARTS) is 1. The molecule has 1 fully saturated rings. The lowest BCUT2D eigenvalue weighted by molar-refractivity contribution is -0.144. The quantitative estimate of drug-likeness (QED) is 0.890. The number of carbonyl (C=O) groups is 2. The first-order chi connectivity index (χ1) is 8.94. The van der Waals surface area contributed by atoms with E-state index in [9.17, 15) is 14.7 Å². The third kappa shape index (κ3) is 2.71. The van der Waals surface area contributed by atoms with Gasteiger partial charge in [-0.1, -0.05) is 24.4 Å². The second-order valence-corrected chi connectivity index (χ2v) is 5.26. The molecule has 2 N–H and O–H groups in total. The van der Waals surface area contributed by atoms with Gasteiger partial charge in [-0.2, -0.15) is 0 Å². The molecule has 1 amide bonds. The first-order valence-electron chi connectivity index (χ1n) is 6.13. The Balaban J connectivity index is 2.22. The number of rotatable bonds is 3. The molecule has 102 valence electrons. The third-order valence-electron chi connectivity index (χ3n) is 3.45. The highest BCUT2D eigenvalue weighted by molar-refractivity contribution is 6.33. The second-order valence-electron chi connectivity index (χ2n) is 4.85. The highest BCUT2D eigenvalue weighted by Gasteiger charge is 2.42. The number of nitrogens with one attached hydrogen (secondary N) is 1. The summed E-state index contributed by atoms with van der Waals surface area (Å²) in [4.78, 5) is 27.5. The Kier molecular flexibility index (Phi) is 3.75. The van der Waals surface area contributed by atoms with Crippen molar-refractivity contribution in [3.63, 3.8) is 0 Å². The van der Waals surface area contributed by atoms with Gasteiger partial charge in [-0.3, -0.25) is 9.78 Å². The molecule has 6 heteroatoms. The Morgan fingerprint density at radius 1 is 1.42 bits per heavy atom. The maximum atomic E-state index is 12.1. The summed E-state index contributed by atoms with van der Waals surface area (Å²) in [6.07, 6.45) is 3.87. The van der Waals surface area contributed by atoms with E-state index in [-0.39, 0.29) is 10.6 Å². The molecular weight excluding hydrogens is 268 g/mol. The van der Waals surface area contributed by atoms with Gasteiger partial charge in [0.2, 0.25) is 0 Å². The van der Waals surface area contributed by atoms with Gasteiger partial charge < -0.3 is 10.4 Å². The van der Waals surface area contributed by atoms with E-state index < -0.39 is 17.4 Å². The van der Waals surface area contributed by atoms with Crippen LogP contribution in [0.3, 0.4) is 0 Å². The van der Waals surface area contributed by atoms with Crippen molar-refractivity contribution in [1.29, 1.82) is 0 Å². The van der Waals surface area contributed by atoms with E-state index in [4.69, 9.17) is 11.6 Å². The summed E-state index contributed by atoms with van der Waals surface area (Å²) < 4.78 is 0. The number of aromatic nitrogens is 1. The third-order valence-corrected chi connectivity index (χ3v) is 3.77. The van der Waals surface area contributed by atoms with E-state index in [0.717, 1.165) is 12.8 Å². The van der Waals surface area contributed by atoms with Gasteiger partial charge in [0.15, 0.2) is 0 Å². The van der Waals surface area contributed by atoms with Crippen LogP contribution < -0.4 is 5.32 Å². The van der Waals surface area contributed by atoms with Crippen LogP contribution in [-0.2, 0) is 4.79 Å². The zero-order chi connectivity index (χ0) is 14.0. The molecule has 0 unspecified atom stereocenters. The molecule has 2 rings (SSSR count). The molecule has 19 heavy (non-hydrogen) atoms. The number of aliphatic carboxylic acids is 1. The largest absolute Gasteiger partial charge is 0.480 e. The molecule has 1 aliphatic carbocycles. The predicted octanol–water partition coefficient (Wildman–Crippen LogP) is 2.17. The number of aryl methyl sites for hydroxylation is 1. The fourth-order valence-corrected chi connectivity index (χ4v) is 2.64. The molecule has 0 radical (unpaired) electrons. The molecule has 5 nitrogen and oxygen atoms in total. The first-order valence-corrected chi connectivity index (χ1v) is 6.50. The van der Waals surface area contributed by atoms with Gasteiger partial charge >= 0.3 is 5.97 Å². The minimum atomic E-state index is -1.16. The Morgan fingerprint density at radius 2 is 2.05 bits per heavy atom. The van der Waals surface area contributed by atoms with Crippen molar-refractivity contribution in [2.45, 2.75) is 38.1 Å². The average Bonchev–Trinajstić information content (AvgIpc) is 2.78. The van der Waals surface area contributed by atoms with Crippen LogP contribution in [0.1, 0.15) is 41.7 Å². The van der Waals surface area contributed by atoms with Crippen molar-refractivity contribution in [3.8, 4) is 0 Å². The van der Waals surface area contributed by atoms with Crippen molar-refractivity contribution in [2.24, 2.45) is 0 Å². The number of halogens is 1. The highest BCUT2D eigenvalue weighted by Crippen LogP contribution is 2.30. The van der Waals surface area contributed by atoms with Gasteiger partial charge in [0.25, 0.3) is 5.91 Å². The Morgan fingerprint density at radius 3 is 2.58 bits per heavy atom. The summed E-state index contributed by atoms with van der Waals surface area (Å²) in [5.74, 6) is -1.48. The number of pyridine rings is 1. The number of carbonyl (C=O) groups excluding carboxylic acids is 1. The average molecular weight is 283 g/mol. The molecule has 0 saturated heterocycles. The van der Waals surface area contributed by atoms with Crippen molar-refractivity contribution >= 4 is 23.5 Å². The van der Waals surface area contributed by atoms with Crippen LogP contribution in [0, 0.1) is 6.92 Å². The molecule has 1 aromatic rings. The number of nitrogens with zero attached hydrogens (tertiary/aromatic N) is 1. The van der Waals surface area contributed by atoms with E-state index in [1.54, 1.807) is 13.0 Å². The molecule has 1 aromatic heterocycles. The lowest BCUT2D eigenvalue weighted by Gasteiger charge is -2.25. The molecule has 1 heterocycles. The number of amides is 1. The van der Waals surface area contributed by atoms with E-state index in [0.29, 0.717) is 18.5 Å². The normalized spacial score (nSPS) is 17.2. The summed E-state index contributed by atoms with van der Waals surface area (Å²) in [6.45, 7) is 1.77. The minimum Gasteiger partial charge on any atom is -0.480 e. The van der Waals surface area contributed by atoms with Gasteiger partial charge in [0, 0.05) is 11.9 Å². The fraction of sp³-hybridized carbons (Fsp3) is 0.462. The molecule has 0 aliphatic heterocycles. The van der Waals surface area contributed by atoms with E-state index in [2.05, 4.69) is 10.3 Å². The zero-order valence-corrected chi connectivity index (χ0v) is 11.3. The summed E-state index contributed by atoms with van der Waals surface area (Å²) in [5, 5.41) is 12.2. The Bertz CT molecular complexity index is 525. The van der Waals surface area contributed by atoms with Crippen LogP contribution in [0.15, 0.2) is 12.3 Å². The SMILES string of the molecule is Cc1cc(Cl)c(C(=O)NC2(C(=O)O)CCCC2)cn1. The lowest BCUT2D eigenvalue weighted by Crippen LogP contribution is -2.52. The van der Waals surface area contributed by atoms with Gasteiger partial charge in [-0.05, 0) is 25.8 Å². The second kappa shape index (κ2) is 5.17. The fourth-order valence-electron chi connectivity index (χ4n) is 2.35. The smallest absolute Gasteiger partial charge is 0.329 e. The number of hydrogen-bond acceptors (Lipinski definition) is 3. The van der Waals surface area contributed by atoms with Gasteiger partial charge in [0.1, 0.15) is 5.54 Å². The Labute approximate surface area is 116 Å². The molecule has 0 bridgehead atoms. The van der Waals surface area contributed by atoms with Crippen LogP contribution in [0.4, 0.5) is 0 Å². The van der Waals surface area contributed by atoms with E-state index in [1.165, 1.54) is 6.20 Å². The highest BCUT2D eigenvalue weighted by atomic mass is 35.5. The summed E-state index contributed by atoms with van der Waals surface area (Å²) in [7, 11) is 0. The van der Waals surface area contributed by atoms with Crippen molar-refractivity contribution < 1.29 is 14.7 Å². The minimum absolute atomic E-state index is 0.208. The predicted molar refractivity (Wildman–Crippen MR) is 70.3 cm³/mol. The van der Waals surface area contributed by atoms with Crippen molar-refractivity contribution in [3.05, 3.63) is 28.5 Å². The maximum Gasteiger partial charge on any atom is 0.329 e. The van der Waals surface area contributed by atoms with Gasteiger partial charge in [0.05, 0.1) is 10.6 Å². The molecule has 1 aliphatic rings.